The first-order valence-electron chi connectivity index (χ1n) is 13.8. The van der Waals surface area contributed by atoms with Crippen molar-refractivity contribution >= 4 is 11.0 Å². The SMILES string of the molecule is CC1(C)c2ccccc2-[n+]2[c-]n(-c3[c-]c(Oc4cccc(-c5ccccc5O)n4)ccc3)c3cccc(c32)C1(C)C.[Pt+2]. The van der Waals surface area contributed by atoms with Crippen molar-refractivity contribution in [1.82, 2.24) is 9.55 Å². The van der Waals surface area contributed by atoms with Crippen molar-refractivity contribution in [3.8, 4) is 40.0 Å². The van der Waals surface area contributed by atoms with Crippen LogP contribution in [-0.4, -0.2) is 14.7 Å². The van der Waals surface area contributed by atoms with Crippen molar-refractivity contribution in [1.29, 1.82) is 0 Å². The summed E-state index contributed by atoms with van der Waals surface area (Å²) in [5.74, 6) is 1.14. The molecular weight excluding hydrogens is 701 g/mol. The molecule has 210 valence electrons. The van der Waals surface area contributed by atoms with Gasteiger partial charge >= 0.3 is 21.1 Å². The van der Waals surface area contributed by atoms with Crippen LogP contribution >= 0.6 is 0 Å². The number of aromatic nitrogens is 3. The minimum Gasteiger partial charge on any atom is -0.507 e. The van der Waals surface area contributed by atoms with Gasteiger partial charge in [-0.05, 0) is 51.9 Å². The van der Waals surface area contributed by atoms with Gasteiger partial charge in [-0.15, -0.1) is 12.1 Å². The van der Waals surface area contributed by atoms with Crippen LogP contribution in [0.25, 0.3) is 33.7 Å². The molecule has 0 amide bonds. The summed E-state index contributed by atoms with van der Waals surface area (Å²) in [6.45, 7) is 9.34. The van der Waals surface area contributed by atoms with Gasteiger partial charge in [0, 0.05) is 17.4 Å². The molecule has 6 heteroatoms. The summed E-state index contributed by atoms with van der Waals surface area (Å²) in [4.78, 5) is 4.63. The van der Waals surface area contributed by atoms with Crippen LogP contribution in [0, 0.1) is 12.4 Å². The molecule has 6 aromatic rings. The van der Waals surface area contributed by atoms with E-state index in [1.165, 1.54) is 11.1 Å². The second kappa shape index (κ2) is 10.3. The van der Waals surface area contributed by atoms with E-state index in [2.05, 4.69) is 96.7 Å². The maximum Gasteiger partial charge on any atom is 2.00 e. The van der Waals surface area contributed by atoms with E-state index in [0.717, 1.165) is 22.4 Å². The van der Waals surface area contributed by atoms with E-state index < -0.39 is 0 Å². The van der Waals surface area contributed by atoms with Crippen LogP contribution in [0.2, 0.25) is 0 Å². The average molecular weight is 732 g/mol. The fourth-order valence-corrected chi connectivity index (χ4v) is 5.93. The molecule has 1 aliphatic heterocycles. The fraction of sp³-hybridized carbons (Fsp3) is 0.167. The Balaban J connectivity index is 0.00000316. The van der Waals surface area contributed by atoms with Crippen LogP contribution in [0.15, 0.2) is 103 Å². The maximum absolute atomic E-state index is 10.3. The summed E-state index contributed by atoms with van der Waals surface area (Å²) < 4.78 is 10.4. The van der Waals surface area contributed by atoms with Gasteiger partial charge < -0.3 is 14.4 Å². The van der Waals surface area contributed by atoms with Crippen LogP contribution in [0.4, 0.5) is 0 Å². The van der Waals surface area contributed by atoms with Crippen LogP contribution in [0.5, 0.6) is 17.4 Å². The van der Waals surface area contributed by atoms with Gasteiger partial charge in [-0.1, -0.05) is 82.3 Å². The summed E-state index contributed by atoms with van der Waals surface area (Å²) in [6.07, 6.45) is 3.65. The summed E-state index contributed by atoms with van der Waals surface area (Å²) in [6, 6.07) is 37.1. The maximum atomic E-state index is 10.3. The number of imidazole rings is 1. The molecule has 42 heavy (non-hydrogen) atoms. The zero-order valence-electron chi connectivity index (χ0n) is 23.8. The standard InChI is InChI=1S/C36H30N3O2.Pt/c1-35(2)27-15-6-7-18-30(27)39-23-38(31-19-10-16-28(34(31)39)36(35,3)4)24-12-9-13-25(22-24)41-33-21-11-17-29(37-33)26-14-5-8-20-32(26)40;/h5-21,40H,1-4H3;/q-1;+2. The number of benzene rings is 4. The molecule has 0 radical (unpaired) electrons. The molecule has 0 aliphatic carbocycles. The fourth-order valence-electron chi connectivity index (χ4n) is 5.93. The smallest absolute Gasteiger partial charge is 0.507 e. The van der Waals surface area contributed by atoms with E-state index in [9.17, 15) is 5.11 Å². The van der Waals surface area contributed by atoms with Gasteiger partial charge in [-0.3, -0.25) is 4.57 Å². The van der Waals surface area contributed by atoms with E-state index in [-0.39, 0.29) is 37.6 Å². The van der Waals surface area contributed by atoms with E-state index >= 15 is 0 Å². The van der Waals surface area contributed by atoms with E-state index in [1.54, 1.807) is 18.2 Å². The normalized spacial score (nSPS) is 14.5. The molecule has 0 bridgehead atoms. The van der Waals surface area contributed by atoms with Crippen LogP contribution < -0.4 is 9.30 Å². The zero-order valence-corrected chi connectivity index (χ0v) is 26.1. The van der Waals surface area contributed by atoms with Crippen LogP contribution in [-0.2, 0) is 31.9 Å². The quantitative estimate of drug-likeness (QED) is 0.150. The average Bonchev–Trinajstić information content (AvgIpc) is 3.35. The van der Waals surface area contributed by atoms with Crippen molar-refractivity contribution in [3.05, 3.63) is 127 Å². The van der Waals surface area contributed by atoms with Crippen LogP contribution in [0.3, 0.4) is 0 Å². The number of fused-ring (bicyclic) bond motifs is 2. The van der Waals surface area contributed by atoms with Crippen molar-refractivity contribution in [2.75, 3.05) is 0 Å². The molecule has 5 nitrogen and oxygen atoms in total. The van der Waals surface area contributed by atoms with E-state index in [4.69, 9.17) is 4.74 Å². The van der Waals surface area contributed by atoms with Gasteiger partial charge in [-0.25, -0.2) is 4.98 Å². The molecule has 0 unspecified atom stereocenters. The molecule has 3 heterocycles. The number of rotatable bonds is 4. The van der Waals surface area contributed by atoms with E-state index in [1.807, 2.05) is 42.5 Å². The summed E-state index contributed by atoms with van der Waals surface area (Å²) in [5.41, 5.74) is 7.76. The topological polar surface area (TPSA) is 51.2 Å². The number of nitrogens with zero attached hydrogens (tertiary/aromatic N) is 3. The Kier molecular flexibility index (Phi) is 6.82. The molecule has 0 atom stereocenters. The van der Waals surface area contributed by atoms with Crippen molar-refractivity contribution in [2.24, 2.45) is 0 Å². The molecule has 0 fully saturated rings. The Hall–Kier alpha value is -4.21. The Morgan fingerprint density at radius 1 is 0.762 bits per heavy atom. The predicted molar refractivity (Wildman–Crippen MR) is 160 cm³/mol. The number of phenols is 1. The molecule has 0 saturated heterocycles. The Morgan fingerprint density at radius 3 is 2.29 bits per heavy atom. The molecule has 4 aromatic carbocycles. The number of hydrogen-bond donors (Lipinski definition) is 1. The molecule has 2 aromatic heterocycles. The third-order valence-corrected chi connectivity index (χ3v) is 8.85. The van der Waals surface area contributed by atoms with E-state index in [0.29, 0.717) is 22.9 Å². The first-order valence-corrected chi connectivity index (χ1v) is 13.8. The second-order valence-corrected chi connectivity index (χ2v) is 11.6. The molecular formula is C36H30N3O2Pt+. The van der Waals surface area contributed by atoms with Gasteiger partial charge in [0.1, 0.15) is 5.75 Å². The zero-order chi connectivity index (χ0) is 28.4. The van der Waals surface area contributed by atoms with Gasteiger partial charge in [0.25, 0.3) is 6.33 Å². The Bertz CT molecular complexity index is 1960. The second-order valence-electron chi connectivity index (χ2n) is 11.6. The number of phenolic OH excluding ortho intramolecular Hbond substituents is 1. The number of ether oxygens (including phenoxy) is 1. The van der Waals surface area contributed by atoms with Gasteiger partial charge in [0.2, 0.25) is 5.88 Å². The third kappa shape index (κ3) is 4.26. The van der Waals surface area contributed by atoms with Gasteiger partial charge in [-0.2, -0.15) is 12.1 Å². The Labute approximate surface area is 260 Å². The molecule has 1 aliphatic rings. The summed E-state index contributed by atoms with van der Waals surface area (Å²) in [5, 5.41) is 10.3. The number of aromatic hydroxyl groups is 1. The number of pyridine rings is 1. The summed E-state index contributed by atoms with van der Waals surface area (Å²) >= 11 is 0. The summed E-state index contributed by atoms with van der Waals surface area (Å²) in [7, 11) is 0. The molecule has 0 saturated carbocycles. The van der Waals surface area contributed by atoms with Crippen molar-refractivity contribution < 1.29 is 35.5 Å². The minimum atomic E-state index is -0.139. The molecule has 1 N–H and O–H groups in total. The van der Waals surface area contributed by atoms with Gasteiger partial charge in [0.15, 0.2) is 0 Å². The molecule has 7 rings (SSSR count). The van der Waals surface area contributed by atoms with Gasteiger partial charge in [0.05, 0.1) is 22.4 Å². The number of para-hydroxylation sites is 3. The largest absolute Gasteiger partial charge is 2.00 e. The van der Waals surface area contributed by atoms with Crippen molar-refractivity contribution in [3.63, 3.8) is 0 Å². The predicted octanol–water partition coefficient (Wildman–Crippen LogP) is 7.63. The first-order chi connectivity index (χ1) is 19.8. The number of hydrogen-bond acceptors (Lipinski definition) is 3. The third-order valence-electron chi connectivity index (χ3n) is 8.85. The Morgan fingerprint density at radius 2 is 1.45 bits per heavy atom. The minimum absolute atomic E-state index is 0. The molecule has 0 spiro atoms. The first kappa shape index (κ1) is 27.9. The van der Waals surface area contributed by atoms with Crippen LogP contribution in [0.1, 0.15) is 38.8 Å². The monoisotopic (exact) mass is 731 g/mol. The van der Waals surface area contributed by atoms with Crippen molar-refractivity contribution in [2.45, 2.75) is 38.5 Å².